The molecule has 1 fully saturated rings. The average Bonchev–Trinajstić information content (AvgIpc) is 2.34. The second-order valence-electron chi connectivity index (χ2n) is 4.60. The van der Waals surface area contributed by atoms with E-state index in [9.17, 15) is 0 Å². The molecule has 1 heterocycles. The molecular weight excluding hydrogens is 341 g/mol. The molecule has 1 saturated heterocycles. The third-order valence-corrected chi connectivity index (χ3v) is 3.08. The molecule has 0 aromatic heterocycles. The number of aliphatic imine (C=N–C) groups is 1. The molecule has 0 saturated carbocycles. The van der Waals surface area contributed by atoms with Crippen LogP contribution >= 0.6 is 24.0 Å². The molecule has 18 heavy (non-hydrogen) atoms. The summed E-state index contributed by atoms with van der Waals surface area (Å²) in [6, 6.07) is 0. The first kappa shape index (κ1) is 17.7. The van der Waals surface area contributed by atoms with E-state index in [4.69, 9.17) is 10.5 Å². The van der Waals surface area contributed by atoms with E-state index >= 15 is 0 Å². The van der Waals surface area contributed by atoms with Gasteiger partial charge in [-0.05, 0) is 25.2 Å². The minimum atomic E-state index is 0. The van der Waals surface area contributed by atoms with Gasteiger partial charge in [-0.1, -0.05) is 13.0 Å². The number of hydrogen-bond acceptors (Lipinski definition) is 2. The van der Waals surface area contributed by atoms with Gasteiger partial charge < -0.3 is 15.4 Å². The van der Waals surface area contributed by atoms with Gasteiger partial charge in [0.25, 0.3) is 0 Å². The zero-order valence-corrected chi connectivity index (χ0v) is 13.6. The van der Waals surface area contributed by atoms with Gasteiger partial charge in [0.15, 0.2) is 5.96 Å². The first-order valence-corrected chi connectivity index (χ1v) is 6.47. The molecule has 0 radical (unpaired) electrons. The summed E-state index contributed by atoms with van der Waals surface area (Å²) in [7, 11) is 0. The lowest BCUT2D eigenvalue weighted by molar-refractivity contribution is 0.146. The van der Waals surface area contributed by atoms with Crippen LogP contribution in [0.5, 0.6) is 0 Å². The predicted molar refractivity (Wildman–Crippen MR) is 87.5 cm³/mol. The molecule has 1 aliphatic heterocycles. The summed E-state index contributed by atoms with van der Waals surface area (Å²) in [6.45, 7) is 10.0. The van der Waals surface area contributed by atoms with Gasteiger partial charge in [0.05, 0.1) is 19.8 Å². The summed E-state index contributed by atoms with van der Waals surface area (Å²) < 4.78 is 5.38. The Morgan fingerprint density at radius 1 is 1.44 bits per heavy atom. The van der Waals surface area contributed by atoms with E-state index in [1.807, 2.05) is 6.08 Å². The predicted octanol–water partition coefficient (Wildman–Crippen LogP) is 2.24. The maximum atomic E-state index is 5.94. The van der Waals surface area contributed by atoms with Crippen LogP contribution in [-0.4, -0.2) is 43.7 Å². The lowest BCUT2D eigenvalue weighted by atomic mass is 10.00. The summed E-state index contributed by atoms with van der Waals surface area (Å²) >= 11 is 0. The number of likely N-dealkylation sites (tertiary alicyclic amines) is 1. The van der Waals surface area contributed by atoms with Crippen LogP contribution in [0, 0.1) is 5.92 Å². The van der Waals surface area contributed by atoms with Gasteiger partial charge in [0.1, 0.15) is 0 Å². The van der Waals surface area contributed by atoms with Crippen LogP contribution < -0.4 is 5.73 Å². The number of halogens is 1. The molecule has 1 aliphatic rings. The Morgan fingerprint density at radius 3 is 2.72 bits per heavy atom. The fraction of sp³-hybridized carbons (Fsp3) is 0.769. The van der Waals surface area contributed by atoms with Crippen molar-refractivity contribution < 1.29 is 4.74 Å². The number of ether oxygens (including phenoxy) is 1. The third kappa shape index (κ3) is 7.20. The maximum absolute atomic E-state index is 5.94. The Hall–Kier alpha value is -0.300. The zero-order chi connectivity index (χ0) is 12.5. The lowest BCUT2D eigenvalue weighted by Gasteiger charge is -2.31. The minimum Gasteiger partial charge on any atom is -0.379 e. The second-order valence-corrected chi connectivity index (χ2v) is 4.60. The Labute approximate surface area is 128 Å². The molecule has 0 aliphatic carbocycles. The highest BCUT2D eigenvalue weighted by Gasteiger charge is 2.16. The fourth-order valence-corrected chi connectivity index (χ4v) is 1.83. The van der Waals surface area contributed by atoms with E-state index in [-0.39, 0.29) is 24.0 Å². The monoisotopic (exact) mass is 367 g/mol. The highest BCUT2D eigenvalue weighted by molar-refractivity contribution is 14.0. The van der Waals surface area contributed by atoms with Crippen LogP contribution in [0.1, 0.15) is 26.2 Å². The SMILES string of the molecule is C=CCCOCCN=C(N)N1CCC(C)CC1.I. The first-order chi connectivity index (χ1) is 8.24. The molecule has 1 rings (SSSR count). The molecule has 2 N–H and O–H groups in total. The van der Waals surface area contributed by atoms with Crippen molar-refractivity contribution >= 4 is 29.9 Å². The summed E-state index contributed by atoms with van der Waals surface area (Å²) in [6.07, 6.45) is 5.17. The maximum Gasteiger partial charge on any atom is 0.191 e. The molecular formula is C13H26IN3O. The van der Waals surface area contributed by atoms with Crippen molar-refractivity contribution in [2.75, 3.05) is 32.8 Å². The topological polar surface area (TPSA) is 50.9 Å². The Balaban J connectivity index is 0.00000289. The van der Waals surface area contributed by atoms with Gasteiger partial charge >= 0.3 is 0 Å². The van der Waals surface area contributed by atoms with Gasteiger partial charge in [-0.15, -0.1) is 30.6 Å². The normalized spacial score (nSPS) is 17.4. The molecule has 4 nitrogen and oxygen atoms in total. The second kappa shape index (κ2) is 10.6. The number of nitrogens with two attached hydrogens (primary N) is 1. The number of guanidine groups is 1. The molecule has 5 heteroatoms. The number of hydrogen-bond donors (Lipinski definition) is 1. The van der Waals surface area contributed by atoms with Crippen LogP contribution in [0.15, 0.2) is 17.6 Å². The van der Waals surface area contributed by atoms with Gasteiger partial charge in [-0.2, -0.15) is 0 Å². The minimum absolute atomic E-state index is 0. The lowest BCUT2D eigenvalue weighted by Crippen LogP contribution is -2.42. The van der Waals surface area contributed by atoms with Crippen molar-refractivity contribution in [1.29, 1.82) is 0 Å². The average molecular weight is 367 g/mol. The summed E-state index contributed by atoms with van der Waals surface area (Å²) in [4.78, 5) is 6.51. The summed E-state index contributed by atoms with van der Waals surface area (Å²) in [5, 5.41) is 0. The van der Waals surface area contributed by atoms with Crippen molar-refractivity contribution in [3.8, 4) is 0 Å². The van der Waals surface area contributed by atoms with E-state index in [2.05, 4.69) is 23.4 Å². The van der Waals surface area contributed by atoms with Crippen LogP contribution in [0.4, 0.5) is 0 Å². The number of rotatable bonds is 6. The quantitative estimate of drug-likeness (QED) is 0.258. The van der Waals surface area contributed by atoms with Crippen LogP contribution in [0.3, 0.4) is 0 Å². The van der Waals surface area contributed by atoms with E-state index in [1.54, 1.807) is 0 Å². The van der Waals surface area contributed by atoms with Gasteiger partial charge in [0.2, 0.25) is 0 Å². The van der Waals surface area contributed by atoms with E-state index in [1.165, 1.54) is 12.8 Å². The molecule has 0 amide bonds. The third-order valence-electron chi connectivity index (χ3n) is 3.08. The molecule has 0 spiro atoms. The highest BCUT2D eigenvalue weighted by atomic mass is 127. The highest BCUT2D eigenvalue weighted by Crippen LogP contribution is 2.15. The van der Waals surface area contributed by atoms with E-state index < -0.39 is 0 Å². The van der Waals surface area contributed by atoms with E-state index in [0.29, 0.717) is 19.1 Å². The fourth-order valence-electron chi connectivity index (χ4n) is 1.83. The van der Waals surface area contributed by atoms with E-state index in [0.717, 1.165) is 32.0 Å². The Kier molecular flexibility index (Phi) is 10.4. The van der Waals surface area contributed by atoms with Gasteiger partial charge in [-0.3, -0.25) is 4.99 Å². The molecule has 0 atom stereocenters. The van der Waals surface area contributed by atoms with Crippen LogP contribution in [-0.2, 0) is 4.74 Å². The van der Waals surface area contributed by atoms with Crippen molar-refractivity contribution in [1.82, 2.24) is 4.90 Å². The van der Waals surface area contributed by atoms with Crippen molar-refractivity contribution in [3.05, 3.63) is 12.7 Å². The van der Waals surface area contributed by atoms with Crippen LogP contribution in [0.2, 0.25) is 0 Å². The molecule has 0 aromatic rings. The smallest absolute Gasteiger partial charge is 0.191 e. The first-order valence-electron chi connectivity index (χ1n) is 6.47. The standard InChI is InChI=1S/C13H25N3O.HI/c1-3-4-10-17-11-7-15-13(14)16-8-5-12(2)6-9-16;/h3,12H,1,4-11H2,2H3,(H2,14,15);1H. The van der Waals surface area contributed by atoms with Crippen molar-refractivity contribution in [2.45, 2.75) is 26.2 Å². The van der Waals surface area contributed by atoms with Crippen LogP contribution in [0.25, 0.3) is 0 Å². The number of piperidine rings is 1. The molecule has 0 bridgehead atoms. The summed E-state index contributed by atoms with van der Waals surface area (Å²) in [5.41, 5.74) is 5.94. The molecule has 0 unspecified atom stereocenters. The van der Waals surface area contributed by atoms with Gasteiger partial charge in [0, 0.05) is 13.1 Å². The molecule has 106 valence electrons. The zero-order valence-electron chi connectivity index (χ0n) is 11.3. The molecule has 0 aromatic carbocycles. The van der Waals surface area contributed by atoms with Crippen molar-refractivity contribution in [3.63, 3.8) is 0 Å². The number of nitrogens with zero attached hydrogens (tertiary/aromatic N) is 2. The Morgan fingerprint density at radius 2 is 2.11 bits per heavy atom. The summed E-state index contributed by atoms with van der Waals surface area (Å²) in [5.74, 6) is 1.49. The Bertz CT molecular complexity index is 251. The largest absolute Gasteiger partial charge is 0.379 e. The van der Waals surface area contributed by atoms with Crippen molar-refractivity contribution in [2.24, 2.45) is 16.6 Å². The van der Waals surface area contributed by atoms with Gasteiger partial charge in [-0.25, -0.2) is 0 Å².